The zero-order chi connectivity index (χ0) is 18.4. The second-order valence-electron chi connectivity index (χ2n) is 6.21. The van der Waals surface area contributed by atoms with Crippen LogP contribution in [-0.2, 0) is 27.5 Å². The van der Waals surface area contributed by atoms with Gasteiger partial charge >= 0.3 is 5.97 Å². The molecule has 3 rings (SSSR count). The van der Waals surface area contributed by atoms with Crippen LogP contribution in [0.15, 0.2) is 54.6 Å². The van der Waals surface area contributed by atoms with Crippen LogP contribution < -0.4 is 5.32 Å². The second kappa shape index (κ2) is 10.0. The molecule has 27 heavy (non-hydrogen) atoms. The number of halogens is 2. The fourth-order valence-corrected chi connectivity index (χ4v) is 2.90. The average Bonchev–Trinajstić information content (AvgIpc) is 2.66. The van der Waals surface area contributed by atoms with E-state index >= 15 is 0 Å². The minimum absolute atomic E-state index is 0. The van der Waals surface area contributed by atoms with Gasteiger partial charge in [0.1, 0.15) is 12.4 Å². The Morgan fingerprint density at radius 3 is 2.59 bits per heavy atom. The van der Waals surface area contributed by atoms with Crippen molar-refractivity contribution >= 4 is 24.3 Å². The molecule has 1 amide bonds. The van der Waals surface area contributed by atoms with Gasteiger partial charge in [0, 0.05) is 25.2 Å². The van der Waals surface area contributed by atoms with E-state index in [-0.39, 0.29) is 43.7 Å². The molecule has 1 aliphatic rings. The van der Waals surface area contributed by atoms with Gasteiger partial charge in [-0.05, 0) is 11.6 Å². The van der Waals surface area contributed by atoms with E-state index in [0.717, 1.165) is 5.56 Å². The lowest BCUT2D eigenvalue weighted by Crippen LogP contribution is -2.55. The normalized spacial score (nSPS) is 16.6. The van der Waals surface area contributed by atoms with Gasteiger partial charge in [0.25, 0.3) is 0 Å². The third kappa shape index (κ3) is 5.77. The molecule has 7 heteroatoms. The summed E-state index contributed by atoms with van der Waals surface area (Å²) < 4.78 is 19.1. The summed E-state index contributed by atoms with van der Waals surface area (Å²) in [7, 11) is 0. The molecule has 1 fully saturated rings. The smallest absolute Gasteiger partial charge is 0.308 e. The van der Waals surface area contributed by atoms with Crippen molar-refractivity contribution in [1.29, 1.82) is 0 Å². The van der Waals surface area contributed by atoms with Crippen molar-refractivity contribution in [2.45, 2.75) is 25.6 Å². The first-order valence-corrected chi connectivity index (χ1v) is 8.58. The third-order valence-corrected chi connectivity index (χ3v) is 4.31. The van der Waals surface area contributed by atoms with E-state index in [1.165, 1.54) is 6.07 Å². The Labute approximate surface area is 163 Å². The topological polar surface area (TPSA) is 58.6 Å². The molecule has 0 spiro atoms. The van der Waals surface area contributed by atoms with Crippen molar-refractivity contribution in [2.75, 3.05) is 13.1 Å². The summed E-state index contributed by atoms with van der Waals surface area (Å²) in [5, 5.41) is 3.04. The maximum Gasteiger partial charge on any atom is 0.308 e. The van der Waals surface area contributed by atoms with Gasteiger partial charge in [-0.3, -0.25) is 9.59 Å². The second-order valence-corrected chi connectivity index (χ2v) is 6.21. The summed E-state index contributed by atoms with van der Waals surface area (Å²) in [5.74, 6) is -0.985. The Balaban J connectivity index is 0.00000261. The van der Waals surface area contributed by atoms with Crippen molar-refractivity contribution in [3.05, 3.63) is 71.5 Å². The van der Waals surface area contributed by atoms with Crippen molar-refractivity contribution < 1.29 is 18.7 Å². The largest absolute Gasteiger partial charge is 0.461 e. The summed E-state index contributed by atoms with van der Waals surface area (Å²) in [5.41, 5.74) is 1.36. The van der Waals surface area contributed by atoms with Gasteiger partial charge < -0.3 is 15.0 Å². The molecule has 0 radical (unpaired) electrons. The third-order valence-electron chi connectivity index (χ3n) is 4.31. The van der Waals surface area contributed by atoms with Crippen LogP contribution in [0, 0.1) is 5.82 Å². The van der Waals surface area contributed by atoms with Crippen LogP contribution in [0.5, 0.6) is 0 Å². The Morgan fingerprint density at radius 2 is 1.85 bits per heavy atom. The number of nitrogens with one attached hydrogen (secondary N) is 1. The van der Waals surface area contributed by atoms with E-state index in [1.807, 2.05) is 30.3 Å². The lowest BCUT2D eigenvalue weighted by Gasteiger charge is -2.33. The highest BCUT2D eigenvalue weighted by molar-refractivity contribution is 5.87. The van der Waals surface area contributed by atoms with Crippen LogP contribution in [0.1, 0.15) is 17.5 Å². The molecule has 1 atom stereocenters. The Morgan fingerprint density at radius 1 is 1.15 bits per heavy atom. The molecule has 0 aliphatic carbocycles. The van der Waals surface area contributed by atoms with Crippen molar-refractivity contribution in [3.63, 3.8) is 0 Å². The van der Waals surface area contributed by atoms with E-state index in [9.17, 15) is 14.0 Å². The Kier molecular flexibility index (Phi) is 7.76. The van der Waals surface area contributed by atoms with E-state index in [1.54, 1.807) is 23.1 Å². The molecule has 0 bridgehead atoms. The zero-order valence-electron chi connectivity index (χ0n) is 14.8. The number of carbonyl (C=O) groups excluding carboxylic acids is 2. The van der Waals surface area contributed by atoms with Gasteiger partial charge in [0.15, 0.2) is 0 Å². The molecular formula is C20H22ClFN2O3. The van der Waals surface area contributed by atoms with Crippen molar-refractivity contribution in [2.24, 2.45) is 0 Å². The molecule has 1 N–H and O–H groups in total. The van der Waals surface area contributed by atoms with E-state index in [2.05, 4.69) is 5.32 Å². The summed E-state index contributed by atoms with van der Waals surface area (Å²) in [6, 6.07) is 15.1. The number of piperazine rings is 1. The highest BCUT2D eigenvalue weighted by Crippen LogP contribution is 2.14. The number of benzene rings is 2. The molecular weight excluding hydrogens is 371 g/mol. The highest BCUT2D eigenvalue weighted by Gasteiger charge is 2.30. The van der Waals surface area contributed by atoms with Gasteiger partial charge in [-0.15, -0.1) is 12.4 Å². The lowest BCUT2D eigenvalue weighted by molar-refractivity contribution is -0.149. The molecule has 144 valence electrons. The standard InChI is InChI=1S/C20H21FN2O3.ClH/c21-17-9-5-4-8-16(17)13-23-11-10-22-18(20(23)25)12-19(24)26-14-15-6-2-1-3-7-15;/h1-9,18,22H,10-14H2;1H. The maximum absolute atomic E-state index is 13.8. The van der Waals surface area contributed by atoms with Gasteiger partial charge in [0.2, 0.25) is 5.91 Å². The predicted octanol–water partition coefficient (Wildman–Crippen LogP) is 2.68. The first-order chi connectivity index (χ1) is 12.6. The van der Waals surface area contributed by atoms with Crippen LogP contribution in [0.2, 0.25) is 0 Å². The van der Waals surface area contributed by atoms with Gasteiger partial charge in [-0.2, -0.15) is 0 Å². The molecule has 5 nitrogen and oxygen atoms in total. The summed E-state index contributed by atoms with van der Waals surface area (Å²) in [6.45, 7) is 1.40. The number of esters is 1. The summed E-state index contributed by atoms with van der Waals surface area (Å²) >= 11 is 0. The minimum Gasteiger partial charge on any atom is -0.461 e. The van der Waals surface area contributed by atoms with Crippen LogP contribution >= 0.6 is 12.4 Å². The van der Waals surface area contributed by atoms with Gasteiger partial charge in [0.05, 0.1) is 12.5 Å². The maximum atomic E-state index is 13.8. The molecule has 1 unspecified atom stereocenters. The zero-order valence-corrected chi connectivity index (χ0v) is 15.6. The average molecular weight is 393 g/mol. The first kappa shape index (κ1) is 20.9. The predicted molar refractivity (Wildman–Crippen MR) is 102 cm³/mol. The van der Waals surface area contributed by atoms with Crippen molar-refractivity contribution in [1.82, 2.24) is 10.2 Å². The fraction of sp³-hybridized carbons (Fsp3) is 0.300. The molecule has 2 aromatic rings. The number of nitrogens with zero attached hydrogens (tertiary/aromatic N) is 1. The molecule has 1 aliphatic heterocycles. The summed E-state index contributed by atoms with van der Waals surface area (Å²) in [4.78, 5) is 26.2. The van der Waals surface area contributed by atoms with E-state index < -0.39 is 12.0 Å². The lowest BCUT2D eigenvalue weighted by atomic mass is 10.1. The monoisotopic (exact) mass is 392 g/mol. The van der Waals surface area contributed by atoms with Crippen LogP contribution in [-0.4, -0.2) is 35.9 Å². The number of carbonyl (C=O) groups is 2. The van der Waals surface area contributed by atoms with E-state index in [4.69, 9.17) is 4.74 Å². The summed E-state index contributed by atoms with van der Waals surface area (Å²) in [6.07, 6.45) is -0.0422. The van der Waals surface area contributed by atoms with Crippen LogP contribution in [0.4, 0.5) is 4.39 Å². The number of amides is 1. The first-order valence-electron chi connectivity index (χ1n) is 8.58. The fourth-order valence-electron chi connectivity index (χ4n) is 2.90. The van der Waals surface area contributed by atoms with Crippen LogP contribution in [0.25, 0.3) is 0 Å². The van der Waals surface area contributed by atoms with Gasteiger partial charge in [-0.25, -0.2) is 4.39 Å². The molecule has 0 saturated carbocycles. The molecule has 1 heterocycles. The number of ether oxygens (including phenoxy) is 1. The van der Waals surface area contributed by atoms with Crippen LogP contribution in [0.3, 0.4) is 0 Å². The van der Waals surface area contributed by atoms with E-state index in [0.29, 0.717) is 18.7 Å². The SMILES string of the molecule is Cl.O=C(CC1NCCN(Cc2ccccc2F)C1=O)OCc1ccccc1. The number of rotatable bonds is 6. The quantitative estimate of drug-likeness (QED) is 0.768. The number of hydrogen-bond acceptors (Lipinski definition) is 4. The minimum atomic E-state index is -0.640. The Bertz CT molecular complexity index is 773. The van der Waals surface area contributed by atoms with Gasteiger partial charge in [-0.1, -0.05) is 48.5 Å². The molecule has 0 aromatic heterocycles. The Hall–Kier alpha value is -2.44. The van der Waals surface area contributed by atoms with Crippen molar-refractivity contribution in [3.8, 4) is 0 Å². The highest BCUT2D eigenvalue weighted by atomic mass is 35.5. The number of hydrogen-bond donors (Lipinski definition) is 1. The molecule has 2 aromatic carbocycles. The molecule has 1 saturated heterocycles.